The summed E-state index contributed by atoms with van der Waals surface area (Å²) in [4.78, 5) is 23.4. The van der Waals surface area contributed by atoms with Crippen molar-refractivity contribution in [2.75, 3.05) is 33.5 Å². The van der Waals surface area contributed by atoms with Crippen LogP contribution in [0, 0.1) is 11.8 Å². The Kier molecular flexibility index (Phi) is 14.6. The number of aliphatic hydroxyl groups excluding tert-OH is 3. The molecule has 222 valence electrons. The third kappa shape index (κ3) is 8.94. The van der Waals surface area contributed by atoms with Gasteiger partial charge in [-0.3, -0.25) is 14.0 Å². The lowest BCUT2D eigenvalue weighted by Gasteiger charge is -2.46. The number of carbonyl (C=O) groups is 2. The lowest BCUT2D eigenvalue weighted by Crippen LogP contribution is -2.62. The van der Waals surface area contributed by atoms with Crippen molar-refractivity contribution >= 4 is 24.2 Å². The zero-order chi connectivity index (χ0) is 28.2. The maximum absolute atomic E-state index is 11.9. The first-order valence-electron chi connectivity index (χ1n) is 12.3. The van der Waals surface area contributed by atoms with Crippen LogP contribution in [0.3, 0.4) is 0 Å². The number of hydrogen-bond acceptors (Lipinski definition) is 15. The molecule has 2 aliphatic heterocycles. The van der Waals surface area contributed by atoms with Gasteiger partial charge in [-0.05, 0) is 19.3 Å². The van der Waals surface area contributed by atoms with Gasteiger partial charge in [0.1, 0.15) is 36.6 Å². The SMILES string of the molecule is CC[C@@H]1C(C(=O)[O-])O[C@@H](COCCC[C@H]2C(NC(C)=O)[C@H](COC)OC(CO)[C@@H]2OSOO[O-])C(O)[C@@H]1O. The van der Waals surface area contributed by atoms with Crippen LogP contribution in [0.5, 0.6) is 0 Å². The highest BCUT2D eigenvalue weighted by Gasteiger charge is 2.47. The second-order valence-corrected chi connectivity index (χ2v) is 9.66. The van der Waals surface area contributed by atoms with Crippen LogP contribution in [0.15, 0.2) is 0 Å². The molecule has 0 saturated carbocycles. The van der Waals surface area contributed by atoms with E-state index in [0.29, 0.717) is 12.8 Å². The van der Waals surface area contributed by atoms with Crippen LogP contribution in [0.2, 0.25) is 0 Å². The fraction of sp³-hybridized carbons (Fsp3) is 0.909. The molecule has 2 saturated heterocycles. The van der Waals surface area contributed by atoms with Crippen molar-refractivity contribution in [1.29, 1.82) is 0 Å². The van der Waals surface area contributed by atoms with E-state index < -0.39 is 73.2 Å². The molecule has 0 radical (unpaired) electrons. The molecule has 0 aromatic heterocycles. The zero-order valence-electron chi connectivity index (χ0n) is 21.5. The number of carbonyl (C=O) groups excluding carboxylic acids is 2. The molecule has 38 heavy (non-hydrogen) atoms. The van der Waals surface area contributed by atoms with E-state index in [-0.39, 0.29) is 44.5 Å². The molecule has 2 aliphatic rings. The molecule has 15 nitrogen and oxygen atoms in total. The van der Waals surface area contributed by atoms with E-state index in [9.17, 15) is 35.3 Å². The highest BCUT2D eigenvalue weighted by molar-refractivity contribution is 7.89. The van der Waals surface area contributed by atoms with Gasteiger partial charge in [0.2, 0.25) is 5.91 Å². The summed E-state index contributed by atoms with van der Waals surface area (Å²) in [5.74, 6) is -3.07. The number of methoxy groups -OCH3 is 1. The number of amides is 1. The molecular weight excluding hydrogens is 534 g/mol. The lowest BCUT2D eigenvalue weighted by molar-refractivity contribution is -0.777. The molecule has 0 spiro atoms. The first kappa shape index (κ1) is 33.1. The Labute approximate surface area is 224 Å². The molecule has 4 unspecified atom stereocenters. The van der Waals surface area contributed by atoms with Gasteiger partial charge in [0.25, 0.3) is 0 Å². The zero-order valence-corrected chi connectivity index (χ0v) is 22.3. The Morgan fingerprint density at radius 2 is 1.82 bits per heavy atom. The van der Waals surface area contributed by atoms with E-state index in [2.05, 4.69) is 14.7 Å². The average molecular weight is 572 g/mol. The number of carboxylic acids is 1. The van der Waals surface area contributed by atoms with Gasteiger partial charge in [-0.15, -0.1) is 4.33 Å². The van der Waals surface area contributed by atoms with Crippen molar-refractivity contribution in [3.05, 3.63) is 0 Å². The minimum atomic E-state index is -1.48. The van der Waals surface area contributed by atoms with E-state index in [1.165, 1.54) is 14.0 Å². The summed E-state index contributed by atoms with van der Waals surface area (Å²) in [6, 6.07) is -0.595. The molecule has 4 N–H and O–H groups in total. The van der Waals surface area contributed by atoms with Crippen LogP contribution >= 0.6 is 12.3 Å². The van der Waals surface area contributed by atoms with Crippen LogP contribution in [0.1, 0.15) is 33.1 Å². The number of carboxylic acid groups (broad SMARTS) is 1. The van der Waals surface area contributed by atoms with Gasteiger partial charge in [0.15, 0.2) is 12.3 Å². The molecule has 2 fully saturated rings. The third-order valence-electron chi connectivity index (χ3n) is 6.78. The van der Waals surface area contributed by atoms with E-state index in [1.807, 2.05) is 0 Å². The largest absolute Gasteiger partial charge is 0.691 e. The van der Waals surface area contributed by atoms with Gasteiger partial charge in [-0.25, -0.2) is 0 Å². The van der Waals surface area contributed by atoms with Gasteiger partial charge in [0, 0.05) is 32.5 Å². The second-order valence-electron chi connectivity index (χ2n) is 9.19. The van der Waals surface area contributed by atoms with Crippen LogP contribution in [0.25, 0.3) is 0 Å². The Morgan fingerprint density at radius 3 is 2.39 bits per heavy atom. The van der Waals surface area contributed by atoms with Gasteiger partial charge in [0.05, 0.1) is 37.9 Å². The maximum Gasteiger partial charge on any atom is 0.217 e. The van der Waals surface area contributed by atoms with Crippen LogP contribution in [-0.4, -0.2) is 110 Å². The Balaban J connectivity index is 2.03. The van der Waals surface area contributed by atoms with Crippen LogP contribution in [-0.2, 0) is 42.1 Å². The van der Waals surface area contributed by atoms with Crippen molar-refractivity contribution < 1.29 is 67.8 Å². The van der Waals surface area contributed by atoms with Crippen molar-refractivity contribution in [2.45, 2.75) is 81.9 Å². The topological polar surface area (TPSA) is 218 Å². The quantitative estimate of drug-likeness (QED) is 0.0619. The van der Waals surface area contributed by atoms with Gasteiger partial charge in [-0.2, -0.15) is 0 Å². The fourth-order valence-electron chi connectivity index (χ4n) is 5.05. The number of aliphatic carboxylic acids is 1. The molecule has 10 atom stereocenters. The van der Waals surface area contributed by atoms with E-state index in [1.54, 1.807) is 6.92 Å². The van der Waals surface area contributed by atoms with E-state index in [0.717, 1.165) is 0 Å². The summed E-state index contributed by atoms with van der Waals surface area (Å²) >= 11 is 0.263. The lowest BCUT2D eigenvalue weighted by atomic mass is 9.81. The van der Waals surface area contributed by atoms with Crippen molar-refractivity contribution in [1.82, 2.24) is 5.32 Å². The smallest absolute Gasteiger partial charge is 0.217 e. The Hall–Kier alpha value is -1.15. The van der Waals surface area contributed by atoms with Crippen molar-refractivity contribution in [2.24, 2.45) is 11.8 Å². The van der Waals surface area contributed by atoms with E-state index in [4.69, 9.17) is 23.1 Å². The summed E-state index contributed by atoms with van der Waals surface area (Å²) in [6.07, 6.45) is -6.34. The molecule has 16 heteroatoms. The van der Waals surface area contributed by atoms with Crippen molar-refractivity contribution in [3.8, 4) is 0 Å². The highest BCUT2D eigenvalue weighted by Crippen LogP contribution is 2.34. The first-order chi connectivity index (χ1) is 18.2. The fourth-order valence-corrected chi connectivity index (χ4v) is 5.46. The molecule has 0 aromatic rings. The summed E-state index contributed by atoms with van der Waals surface area (Å²) in [7, 11) is 1.47. The molecule has 0 aliphatic carbocycles. The van der Waals surface area contributed by atoms with Gasteiger partial charge >= 0.3 is 0 Å². The number of ether oxygens (including phenoxy) is 4. The summed E-state index contributed by atoms with van der Waals surface area (Å²) in [5.41, 5.74) is 0. The predicted molar refractivity (Wildman–Crippen MR) is 123 cm³/mol. The van der Waals surface area contributed by atoms with Gasteiger partial charge < -0.3 is 54.7 Å². The second kappa shape index (κ2) is 16.8. The molecular formula is C22H37NO14S-2. The minimum Gasteiger partial charge on any atom is -0.691 e. The summed E-state index contributed by atoms with van der Waals surface area (Å²) < 4.78 is 31.9. The minimum absolute atomic E-state index is 0.117. The average Bonchev–Trinajstić information content (AvgIpc) is 2.88. The van der Waals surface area contributed by atoms with E-state index >= 15 is 0 Å². The van der Waals surface area contributed by atoms with Gasteiger partial charge in [-0.1, -0.05) is 6.92 Å². The maximum atomic E-state index is 11.9. The monoisotopic (exact) mass is 571 g/mol. The third-order valence-corrected chi connectivity index (χ3v) is 7.19. The summed E-state index contributed by atoms with van der Waals surface area (Å²) in [5, 5.41) is 58.3. The normalized spacial score (nSPS) is 35.7. The first-order valence-corrected chi connectivity index (χ1v) is 13.0. The number of rotatable bonds is 16. The Bertz CT molecular complexity index is 720. The molecule has 1 amide bonds. The van der Waals surface area contributed by atoms with Crippen LogP contribution < -0.4 is 15.7 Å². The standard InChI is InChI=1S/C22H39NO14S/c1-4-12-18(26)19(27)16(34-21(12)22(28)29)10-32-7-5-6-13-17(23-11(2)25)15(9-31-3)33-14(8-24)20(13)35-38-37-36-30/h12-21,24,26-27,30H,4-10H2,1-3H3,(H,23,25)(H,28,29)/p-2/t12-,13-,14?,15-,16-,17?,18+,19?,20+,21?/m0/s1. The number of nitrogens with one attached hydrogen (secondary N) is 1. The molecule has 0 bridgehead atoms. The number of aliphatic hydroxyl groups is 3. The summed E-state index contributed by atoms with van der Waals surface area (Å²) in [6.45, 7) is 2.66. The number of hydrogen-bond donors (Lipinski definition) is 4. The van der Waals surface area contributed by atoms with Crippen molar-refractivity contribution in [3.63, 3.8) is 0 Å². The van der Waals surface area contributed by atoms with Crippen LogP contribution in [0.4, 0.5) is 0 Å². The predicted octanol–water partition coefficient (Wildman–Crippen LogP) is -3.25. The molecule has 2 heterocycles. The Morgan fingerprint density at radius 1 is 1.08 bits per heavy atom. The molecule has 2 rings (SSSR count). The highest BCUT2D eigenvalue weighted by atomic mass is 32.2. The molecule has 0 aromatic carbocycles.